The second-order valence-corrected chi connectivity index (χ2v) is 7.06. The Morgan fingerprint density at radius 1 is 0.917 bits per heavy atom. The van der Waals surface area contributed by atoms with Crippen LogP contribution < -0.4 is 14.8 Å². The fraction of sp³-hybridized carbons (Fsp3) is 0.176. The molecule has 1 heterocycles. The Bertz CT molecular complexity index is 773. The number of nitrogens with one attached hydrogen (secondary N) is 1. The van der Waals surface area contributed by atoms with Crippen LogP contribution in [-0.2, 0) is 5.75 Å². The molecule has 0 saturated heterocycles. The molecule has 124 valence electrons. The maximum atomic E-state index is 5.16. The van der Waals surface area contributed by atoms with Crippen molar-refractivity contribution in [3.63, 3.8) is 0 Å². The zero-order valence-corrected chi connectivity index (χ0v) is 15.0. The molecule has 0 amide bonds. The smallest absolute Gasteiger partial charge is 0.210 e. The van der Waals surface area contributed by atoms with Gasteiger partial charge in [0.25, 0.3) is 0 Å². The molecule has 5 nitrogen and oxygen atoms in total. The molecule has 0 unspecified atom stereocenters. The summed E-state index contributed by atoms with van der Waals surface area (Å²) in [6, 6.07) is 15.8. The molecule has 3 rings (SSSR count). The molecule has 7 heteroatoms. The van der Waals surface area contributed by atoms with Crippen molar-refractivity contribution in [1.82, 2.24) is 10.2 Å². The van der Waals surface area contributed by atoms with Gasteiger partial charge >= 0.3 is 0 Å². The summed E-state index contributed by atoms with van der Waals surface area (Å²) in [6.07, 6.45) is 0. The highest BCUT2D eigenvalue weighted by Crippen LogP contribution is 2.30. The van der Waals surface area contributed by atoms with Crippen LogP contribution in [0.5, 0.6) is 11.5 Å². The summed E-state index contributed by atoms with van der Waals surface area (Å²) >= 11 is 3.21. The number of hydrogen-bond donors (Lipinski definition) is 1. The van der Waals surface area contributed by atoms with Gasteiger partial charge in [-0.25, -0.2) is 0 Å². The van der Waals surface area contributed by atoms with Crippen LogP contribution in [0.3, 0.4) is 0 Å². The van der Waals surface area contributed by atoms with Gasteiger partial charge in [-0.15, -0.1) is 10.2 Å². The summed E-state index contributed by atoms with van der Waals surface area (Å²) in [5.74, 6) is 2.54. The largest absolute Gasteiger partial charge is 0.497 e. The maximum absolute atomic E-state index is 5.16. The number of aromatic nitrogens is 2. The molecule has 1 N–H and O–H groups in total. The highest BCUT2D eigenvalue weighted by molar-refractivity contribution is 8.00. The first-order valence-electron chi connectivity index (χ1n) is 7.27. The van der Waals surface area contributed by atoms with E-state index in [0.717, 1.165) is 32.4 Å². The quantitative estimate of drug-likeness (QED) is 0.623. The molecule has 1 aromatic heterocycles. The van der Waals surface area contributed by atoms with Gasteiger partial charge in [0.2, 0.25) is 5.13 Å². The highest BCUT2D eigenvalue weighted by Gasteiger charge is 2.06. The second-order valence-electron chi connectivity index (χ2n) is 4.86. The van der Waals surface area contributed by atoms with Crippen LogP contribution in [0.4, 0.5) is 10.8 Å². The number of hydrogen-bond acceptors (Lipinski definition) is 7. The molecule has 2 aromatic carbocycles. The molecule has 0 bridgehead atoms. The molecule has 0 radical (unpaired) electrons. The van der Waals surface area contributed by atoms with Crippen molar-refractivity contribution in [2.45, 2.75) is 10.1 Å². The molecule has 0 aliphatic carbocycles. The third-order valence-electron chi connectivity index (χ3n) is 3.27. The lowest BCUT2D eigenvalue weighted by Gasteiger charge is -2.03. The van der Waals surface area contributed by atoms with Gasteiger partial charge in [0.05, 0.1) is 14.2 Å². The predicted octanol–water partition coefficient (Wildman–Crippen LogP) is 4.59. The minimum absolute atomic E-state index is 0.775. The molecular weight excluding hydrogens is 342 g/mol. The number of nitrogens with zero attached hydrogens (tertiary/aromatic N) is 2. The third-order valence-corrected chi connectivity index (χ3v) is 5.31. The SMILES string of the molecule is COc1ccc(CSc2nnc(Nc3ccc(OC)cc3)s2)cc1. The van der Waals surface area contributed by atoms with Crippen LogP contribution >= 0.6 is 23.1 Å². The minimum atomic E-state index is 0.775. The summed E-state index contributed by atoms with van der Waals surface area (Å²) in [4.78, 5) is 0. The molecule has 0 spiro atoms. The van der Waals surface area contributed by atoms with Crippen LogP contribution in [-0.4, -0.2) is 24.4 Å². The standard InChI is InChI=1S/C17H17N3O2S2/c1-21-14-7-3-12(4-8-14)11-23-17-20-19-16(24-17)18-13-5-9-15(22-2)10-6-13/h3-10H,11H2,1-2H3,(H,18,19). The van der Waals surface area contributed by atoms with Crippen molar-refractivity contribution < 1.29 is 9.47 Å². The Labute approximate surface area is 149 Å². The average Bonchev–Trinajstić information content (AvgIpc) is 3.08. The van der Waals surface area contributed by atoms with E-state index < -0.39 is 0 Å². The minimum Gasteiger partial charge on any atom is -0.497 e. The zero-order valence-electron chi connectivity index (χ0n) is 13.4. The Kier molecular flexibility index (Phi) is 5.55. The van der Waals surface area contributed by atoms with Gasteiger partial charge in [0.15, 0.2) is 4.34 Å². The first-order chi connectivity index (χ1) is 11.8. The van der Waals surface area contributed by atoms with E-state index in [1.54, 1.807) is 26.0 Å². The van der Waals surface area contributed by atoms with Gasteiger partial charge in [-0.1, -0.05) is 35.2 Å². The molecule has 0 aliphatic heterocycles. The first kappa shape index (κ1) is 16.6. The third kappa shape index (κ3) is 4.39. The Morgan fingerprint density at radius 2 is 1.54 bits per heavy atom. The van der Waals surface area contributed by atoms with Crippen molar-refractivity contribution in [3.05, 3.63) is 54.1 Å². The van der Waals surface area contributed by atoms with E-state index in [-0.39, 0.29) is 0 Å². The Morgan fingerprint density at radius 3 is 2.17 bits per heavy atom. The van der Waals surface area contributed by atoms with Gasteiger partial charge in [-0.3, -0.25) is 0 Å². The number of thioether (sulfide) groups is 1. The molecule has 0 fully saturated rings. The molecule has 24 heavy (non-hydrogen) atoms. The predicted molar refractivity (Wildman–Crippen MR) is 98.7 cm³/mol. The fourth-order valence-corrected chi connectivity index (χ4v) is 3.71. The lowest BCUT2D eigenvalue weighted by atomic mass is 10.2. The average molecular weight is 359 g/mol. The van der Waals surface area contributed by atoms with Gasteiger partial charge in [0.1, 0.15) is 11.5 Å². The van der Waals surface area contributed by atoms with Crippen molar-refractivity contribution in [1.29, 1.82) is 0 Å². The lowest BCUT2D eigenvalue weighted by Crippen LogP contribution is -1.89. The maximum Gasteiger partial charge on any atom is 0.210 e. The molecule has 3 aromatic rings. The second kappa shape index (κ2) is 8.03. The van der Waals surface area contributed by atoms with E-state index in [4.69, 9.17) is 9.47 Å². The van der Waals surface area contributed by atoms with Crippen molar-refractivity contribution in [2.75, 3.05) is 19.5 Å². The number of ether oxygens (including phenoxy) is 2. The van der Waals surface area contributed by atoms with Crippen molar-refractivity contribution in [3.8, 4) is 11.5 Å². The van der Waals surface area contributed by atoms with Crippen LogP contribution in [0, 0.1) is 0 Å². The first-order valence-corrected chi connectivity index (χ1v) is 9.07. The van der Waals surface area contributed by atoms with Crippen LogP contribution in [0.1, 0.15) is 5.56 Å². The zero-order chi connectivity index (χ0) is 16.8. The topological polar surface area (TPSA) is 56.3 Å². The normalized spacial score (nSPS) is 10.4. The van der Waals surface area contributed by atoms with E-state index in [2.05, 4.69) is 27.6 Å². The van der Waals surface area contributed by atoms with E-state index in [1.165, 1.54) is 16.9 Å². The van der Waals surface area contributed by atoms with Crippen molar-refractivity contribution in [2.24, 2.45) is 0 Å². The molecule has 0 aliphatic rings. The van der Waals surface area contributed by atoms with E-state index >= 15 is 0 Å². The van der Waals surface area contributed by atoms with Crippen LogP contribution in [0.2, 0.25) is 0 Å². The lowest BCUT2D eigenvalue weighted by molar-refractivity contribution is 0.414. The van der Waals surface area contributed by atoms with E-state index in [0.29, 0.717) is 0 Å². The summed E-state index contributed by atoms with van der Waals surface area (Å²) < 4.78 is 11.2. The number of benzene rings is 2. The van der Waals surface area contributed by atoms with Crippen LogP contribution in [0.25, 0.3) is 0 Å². The fourth-order valence-electron chi connectivity index (χ4n) is 1.98. The van der Waals surface area contributed by atoms with Gasteiger partial charge in [-0.2, -0.15) is 0 Å². The summed E-state index contributed by atoms with van der Waals surface area (Å²) in [7, 11) is 3.32. The monoisotopic (exact) mass is 359 g/mol. The molecular formula is C17H17N3O2S2. The Hall–Kier alpha value is -2.25. The summed E-state index contributed by atoms with van der Waals surface area (Å²) in [5.41, 5.74) is 2.18. The summed E-state index contributed by atoms with van der Waals surface area (Å²) in [6.45, 7) is 0. The molecule has 0 saturated carbocycles. The van der Waals surface area contributed by atoms with Crippen molar-refractivity contribution >= 4 is 33.9 Å². The highest BCUT2D eigenvalue weighted by atomic mass is 32.2. The van der Waals surface area contributed by atoms with E-state index in [9.17, 15) is 0 Å². The van der Waals surface area contributed by atoms with Crippen LogP contribution in [0.15, 0.2) is 52.9 Å². The Balaban J connectivity index is 1.56. The van der Waals surface area contributed by atoms with Gasteiger partial charge in [0, 0.05) is 11.4 Å². The number of rotatable bonds is 7. The van der Waals surface area contributed by atoms with E-state index in [1.807, 2.05) is 36.4 Å². The van der Waals surface area contributed by atoms with Gasteiger partial charge < -0.3 is 14.8 Å². The summed E-state index contributed by atoms with van der Waals surface area (Å²) in [5, 5.41) is 12.4. The van der Waals surface area contributed by atoms with Gasteiger partial charge in [-0.05, 0) is 42.0 Å². The number of anilines is 2. The number of methoxy groups -OCH3 is 2. The molecule has 0 atom stereocenters.